The van der Waals surface area contributed by atoms with Crippen LogP contribution in [0.5, 0.6) is 0 Å². The van der Waals surface area contributed by atoms with Crippen LogP contribution in [0.4, 0.5) is 4.79 Å². The van der Waals surface area contributed by atoms with E-state index < -0.39 is 11.7 Å². The number of ether oxygens (including phenoxy) is 1. The molecule has 21 heavy (non-hydrogen) atoms. The van der Waals surface area contributed by atoms with Crippen LogP contribution in [0, 0.1) is 5.92 Å². The highest BCUT2D eigenvalue weighted by Gasteiger charge is 2.25. The molecule has 1 aromatic heterocycles. The van der Waals surface area contributed by atoms with Crippen LogP contribution in [-0.2, 0) is 4.74 Å². The number of amides is 1. The van der Waals surface area contributed by atoms with Gasteiger partial charge in [-0.2, -0.15) is 0 Å². The molecule has 0 aromatic carbocycles. The van der Waals surface area contributed by atoms with Gasteiger partial charge in [0.1, 0.15) is 11.6 Å². The predicted octanol–water partition coefficient (Wildman–Crippen LogP) is 3.79. The van der Waals surface area contributed by atoms with Crippen molar-refractivity contribution in [3.05, 3.63) is 5.89 Å². The van der Waals surface area contributed by atoms with Crippen LogP contribution in [0.3, 0.4) is 0 Å². The smallest absolute Gasteiger partial charge is 0.408 e. The summed E-state index contributed by atoms with van der Waals surface area (Å²) in [7, 11) is 0. The third kappa shape index (κ3) is 6.84. The third-order valence-electron chi connectivity index (χ3n) is 2.39. The zero-order valence-electron chi connectivity index (χ0n) is 13.6. The maximum atomic E-state index is 11.9. The van der Waals surface area contributed by atoms with E-state index in [2.05, 4.69) is 29.4 Å². The first kappa shape index (κ1) is 17.8. The lowest BCUT2D eigenvalue weighted by atomic mass is 10.0. The molecule has 1 N–H and O–H groups in total. The molecule has 0 radical (unpaired) electrons. The summed E-state index contributed by atoms with van der Waals surface area (Å²) < 4.78 is 10.9. The highest BCUT2D eigenvalue weighted by molar-refractivity contribution is 7.99. The molecule has 1 heterocycles. The van der Waals surface area contributed by atoms with E-state index in [1.54, 1.807) is 0 Å². The summed E-state index contributed by atoms with van der Waals surface area (Å²) >= 11 is 1.48. The molecule has 0 bridgehead atoms. The second-order valence-corrected chi connectivity index (χ2v) is 7.38. The number of carbonyl (C=O) groups excluding carboxylic acids is 1. The van der Waals surface area contributed by atoms with Crippen molar-refractivity contribution in [2.75, 3.05) is 5.75 Å². The number of hydrogen-bond acceptors (Lipinski definition) is 6. The summed E-state index contributed by atoms with van der Waals surface area (Å²) in [5, 5.41) is 11.3. The lowest BCUT2D eigenvalue weighted by Gasteiger charge is -2.22. The van der Waals surface area contributed by atoms with Crippen LogP contribution in [0.1, 0.15) is 59.9 Å². The van der Waals surface area contributed by atoms with E-state index in [1.165, 1.54) is 11.8 Å². The zero-order chi connectivity index (χ0) is 16.0. The minimum atomic E-state index is -0.537. The molecule has 0 aliphatic heterocycles. The molecule has 6 nitrogen and oxygen atoms in total. The Hall–Kier alpha value is -1.24. The average Bonchev–Trinajstić information content (AvgIpc) is 2.74. The summed E-state index contributed by atoms with van der Waals surface area (Å²) in [4.78, 5) is 11.9. The van der Waals surface area contributed by atoms with Crippen LogP contribution in [0.2, 0.25) is 0 Å². The summed E-state index contributed by atoms with van der Waals surface area (Å²) in [6, 6.07) is -0.335. The molecule has 0 spiro atoms. The number of rotatable bonds is 6. The van der Waals surface area contributed by atoms with Crippen LogP contribution < -0.4 is 5.32 Å². The van der Waals surface area contributed by atoms with Crippen LogP contribution in [-0.4, -0.2) is 27.6 Å². The van der Waals surface area contributed by atoms with Crippen molar-refractivity contribution in [3.63, 3.8) is 0 Å². The molecule has 7 heteroatoms. The van der Waals surface area contributed by atoms with E-state index in [4.69, 9.17) is 9.15 Å². The Morgan fingerprint density at radius 3 is 2.57 bits per heavy atom. The minimum Gasteiger partial charge on any atom is -0.444 e. The number of nitrogens with one attached hydrogen (secondary N) is 1. The molecular formula is C14H25N3O3S. The first-order chi connectivity index (χ1) is 9.71. The largest absolute Gasteiger partial charge is 0.444 e. The lowest BCUT2D eigenvalue weighted by Crippen LogP contribution is -2.35. The van der Waals surface area contributed by atoms with Gasteiger partial charge in [-0.1, -0.05) is 32.5 Å². The van der Waals surface area contributed by atoms with Gasteiger partial charge >= 0.3 is 6.09 Å². The van der Waals surface area contributed by atoms with Gasteiger partial charge in [0, 0.05) is 0 Å². The number of nitrogens with zero attached hydrogens (tertiary/aromatic N) is 2. The fraction of sp³-hybridized carbons (Fsp3) is 0.786. The summed E-state index contributed by atoms with van der Waals surface area (Å²) in [6.45, 7) is 11.6. The number of thioether (sulfide) groups is 1. The van der Waals surface area contributed by atoms with Gasteiger partial charge in [-0.05, 0) is 38.9 Å². The Kier molecular flexibility index (Phi) is 6.51. The number of carbonyl (C=O) groups is 1. The monoisotopic (exact) mass is 315 g/mol. The van der Waals surface area contributed by atoms with Gasteiger partial charge in [0.15, 0.2) is 0 Å². The highest BCUT2D eigenvalue weighted by Crippen LogP contribution is 2.24. The van der Waals surface area contributed by atoms with E-state index >= 15 is 0 Å². The van der Waals surface area contributed by atoms with Gasteiger partial charge in [-0.25, -0.2) is 4.79 Å². The molecule has 1 rings (SSSR count). The zero-order valence-corrected chi connectivity index (χ0v) is 14.4. The maximum Gasteiger partial charge on any atom is 0.408 e. The molecule has 0 saturated heterocycles. The van der Waals surface area contributed by atoms with E-state index in [9.17, 15) is 4.79 Å². The van der Waals surface area contributed by atoms with Crippen molar-refractivity contribution >= 4 is 17.9 Å². The van der Waals surface area contributed by atoms with E-state index in [1.807, 2.05) is 27.7 Å². The van der Waals surface area contributed by atoms with Crippen molar-refractivity contribution < 1.29 is 13.9 Å². The van der Waals surface area contributed by atoms with Gasteiger partial charge in [-0.15, -0.1) is 10.2 Å². The van der Waals surface area contributed by atoms with Crippen LogP contribution in [0.25, 0.3) is 0 Å². The molecule has 1 atom stereocenters. The number of aromatic nitrogens is 2. The molecule has 0 aliphatic rings. The van der Waals surface area contributed by atoms with Gasteiger partial charge < -0.3 is 14.5 Å². The summed E-state index contributed by atoms with van der Waals surface area (Å²) in [6.07, 6.45) is 0.230. The van der Waals surface area contributed by atoms with Crippen molar-refractivity contribution in [3.8, 4) is 0 Å². The second-order valence-electron chi connectivity index (χ2n) is 6.17. The molecule has 1 amide bonds. The lowest BCUT2D eigenvalue weighted by molar-refractivity contribution is 0.0487. The maximum absolute atomic E-state index is 11.9. The summed E-state index contributed by atoms with van der Waals surface area (Å²) in [5.74, 6) is 1.65. The molecule has 1 aromatic rings. The topological polar surface area (TPSA) is 77.2 Å². The van der Waals surface area contributed by atoms with Gasteiger partial charge in [0.05, 0.1) is 0 Å². The number of alkyl carbamates (subject to hydrolysis) is 1. The first-order valence-electron chi connectivity index (χ1n) is 7.17. The van der Waals surface area contributed by atoms with Crippen molar-refractivity contribution in [1.82, 2.24) is 15.5 Å². The first-order valence-corrected chi connectivity index (χ1v) is 8.15. The standard InChI is InChI=1S/C14H25N3O3S/c1-7-21-13-17-16-11(19-13)10(8-9(2)3)15-12(18)20-14(4,5)6/h9-10H,7-8H2,1-6H3,(H,15,18)/t10-/m1/s1. The Balaban J connectivity index is 2.77. The average molecular weight is 315 g/mol. The molecule has 0 aliphatic carbocycles. The second kappa shape index (κ2) is 7.68. The number of hydrogen-bond donors (Lipinski definition) is 1. The Morgan fingerprint density at radius 2 is 2.05 bits per heavy atom. The van der Waals surface area contributed by atoms with Crippen molar-refractivity contribution in [1.29, 1.82) is 0 Å². The molecule has 0 fully saturated rings. The quantitative estimate of drug-likeness (QED) is 0.805. The Labute approximate surface area is 130 Å². The van der Waals surface area contributed by atoms with Crippen LogP contribution in [0.15, 0.2) is 9.64 Å². The third-order valence-corrected chi connectivity index (χ3v) is 3.09. The van der Waals surface area contributed by atoms with E-state index in [-0.39, 0.29) is 6.04 Å². The molecule has 0 unspecified atom stereocenters. The van der Waals surface area contributed by atoms with E-state index in [0.717, 1.165) is 5.75 Å². The minimum absolute atomic E-state index is 0.335. The Bertz CT molecular complexity index is 455. The highest BCUT2D eigenvalue weighted by atomic mass is 32.2. The molecular weight excluding hydrogens is 290 g/mol. The Morgan fingerprint density at radius 1 is 1.38 bits per heavy atom. The fourth-order valence-electron chi connectivity index (χ4n) is 1.69. The van der Waals surface area contributed by atoms with Gasteiger partial charge in [0.2, 0.25) is 5.89 Å². The molecule has 120 valence electrons. The van der Waals surface area contributed by atoms with E-state index in [0.29, 0.717) is 23.5 Å². The van der Waals surface area contributed by atoms with Crippen molar-refractivity contribution in [2.24, 2.45) is 5.92 Å². The van der Waals surface area contributed by atoms with Crippen LogP contribution >= 0.6 is 11.8 Å². The summed E-state index contributed by atoms with van der Waals surface area (Å²) in [5.41, 5.74) is -0.537. The predicted molar refractivity (Wildman–Crippen MR) is 82.3 cm³/mol. The normalized spacial score (nSPS) is 13.3. The van der Waals surface area contributed by atoms with Gasteiger partial charge in [0.25, 0.3) is 5.22 Å². The SMILES string of the molecule is CCSc1nnc([C@@H](CC(C)C)NC(=O)OC(C)(C)C)o1. The van der Waals surface area contributed by atoms with Gasteiger partial charge in [-0.3, -0.25) is 0 Å². The molecule has 0 saturated carbocycles. The fourth-order valence-corrected chi connectivity index (χ4v) is 2.18. The van der Waals surface area contributed by atoms with Crippen molar-refractivity contribution in [2.45, 2.75) is 64.8 Å².